The highest BCUT2D eigenvalue weighted by Crippen LogP contribution is 2.58. The minimum Gasteiger partial charge on any atom is -0.309 e. The van der Waals surface area contributed by atoms with E-state index in [-0.39, 0.29) is 0 Å². The standard InChI is InChI=1S/C64H44N2/c1-41-26-31-48(32-27-41)64(47-18-3-2-4-19-47)57-23-11-9-21-51(57)53-40-63-56(39-58(53)64)55-38-46(30-35-62(55)66(63)59-25-13-17-43-15-7-8-20-50(43)59)45-29-34-61-54(37-45)52-22-10-12-24-60(52)65(61)49-33-28-42-14-5-6-16-44(42)36-49/h2-26,28-41H,27H2,1H3. The summed E-state index contributed by atoms with van der Waals surface area (Å²) in [4.78, 5) is 0. The van der Waals surface area contributed by atoms with Crippen LogP contribution in [-0.4, -0.2) is 9.13 Å². The minimum atomic E-state index is -0.464. The van der Waals surface area contributed by atoms with Crippen LogP contribution >= 0.6 is 0 Å². The summed E-state index contributed by atoms with van der Waals surface area (Å²) >= 11 is 0. The average Bonchev–Trinajstić information content (AvgIpc) is 3.99. The zero-order valence-electron chi connectivity index (χ0n) is 36.6. The lowest BCUT2D eigenvalue weighted by Crippen LogP contribution is -2.29. The molecule has 2 aliphatic carbocycles. The molecule has 2 aliphatic rings. The molecule has 0 radical (unpaired) electrons. The average molecular weight is 841 g/mol. The Morgan fingerprint density at radius 3 is 1.89 bits per heavy atom. The maximum atomic E-state index is 2.57. The van der Waals surface area contributed by atoms with Crippen molar-refractivity contribution in [3.63, 3.8) is 0 Å². The molecule has 2 unspecified atom stereocenters. The Hall–Kier alpha value is -8.20. The Bertz CT molecular complexity index is 4040. The van der Waals surface area contributed by atoms with Crippen LogP contribution in [0, 0.1) is 5.92 Å². The number of hydrogen-bond donors (Lipinski definition) is 0. The summed E-state index contributed by atoms with van der Waals surface area (Å²) in [5, 5.41) is 9.97. The van der Waals surface area contributed by atoms with Gasteiger partial charge < -0.3 is 9.13 Å². The van der Waals surface area contributed by atoms with Crippen molar-refractivity contribution < 1.29 is 0 Å². The summed E-state index contributed by atoms with van der Waals surface area (Å²) in [6.07, 6.45) is 8.36. The van der Waals surface area contributed by atoms with Gasteiger partial charge in [-0.25, -0.2) is 0 Å². The first kappa shape index (κ1) is 37.2. The zero-order chi connectivity index (χ0) is 43.5. The van der Waals surface area contributed by atoms with Crippen LogP contribution in [0.5, 0.6) is 0 Å². The van der Waals surface area contributed by atoms with E-state index in [2.05, 4.69) is 247 Å². The van der Waals surface area contributed by atoms with Gasteiger partial charge in [0, 0.05) is 32.6 Å². The molecule has 0 N–H and O–H groups in total. The topological polar surface area (TPSA) is 9.86 Å². The second-order valence-corrected chi connectivity index (χ2v) is 18.5. The van der Waals surface area contributed by atoms with Crippen LogP contribution in [0.4, 0.5) is 0 Å². The van der Waals surface area contributed by atoms with Crippen LogP contribution in [0.25, 0.3) is 98.8 Å². The smallest absolute Gasteiger partial charge is 0.0710 e. The minimum absolute atomic E-state index is 0.464. The fourth-order valence-corrected chi connectivity index (χ4v) is 11.9. The van der Waals surface area contributed by atoms with Crippen LogP contribution in [0.3, 0.4) is 0 Å². The molecular formula is C64H44N2. The van der Waals surface area contributed by atoms with Crippen molar-refractivity contribution in [2.75, 3.05) is 0 Å². The summed E-state index contributed by atoms with van der Waals surface area (Å²) < 4.78 is 4.96. The highest BCUT2D eigenvalue weighted by molar-refractivity contribution is 6.15. The van der Waals surface area contributed by atoms with Crippen LogP contribution < -0.4 is 0 Å². The maximum absolute atomic E-state index is 2.57. The van der Waals surface area contributed by atoms with E-state index < -0.39 is 5.41 Å². The first-order valence-corrected chi connectivity index (χ1v) is 23.3. The monoisotopic (exact) mass is 840 g/mol. The number of benzene rings is 10. The number of fused-ring (bicyclic) bond motifs is 11. The molecule has 0 amide bonds. The molecule has 310 valence electrons. The fraction of sp³-hybridized carbons (Fsp3) is 0.0625. The van der Waals surface area contributed by atoms with Gasteiger partial charge in [0.1, 0.15) is 0 Å². The summed E-state index contributed by atoms with van der Waals surface area (Å²) in [6.45, 7) is 2.32. The quantitative estimate of drug-likeness (QED) is 0.163. The van der Waals surface area contributed by atoms with Gasteiger partial charge >= 0.3 is 0 Å². The summed E-state index contributed by atoms with van der Waals surface area (Å²) in [5.41, 5.74) is 17.1. The van der Waals surface area contributed by atoms with E-state index >= 15 is 0 Å². The SMILES string of the molecule is CC1C=CC(C2(c3ccccc3)c3ccccc3-c3cc4c(cc32)c2cc(-c3ccc5c(c3)c3ccccc3n5-c3ccc5ccccc5c3)ccc2n4-c2cccc3ccccc23)=CC1. The van der Waals surface area contributed by atoms with E-state index in [9.17, 15) is 0 Å². The van der Waals surface area contributed by atoms with Gasteiger partial charge in [-0.3, -0.25) is 0 Å². The largest absolute Gasteiger partial charge is 0.309 e. The molecule has 14 rings (SSSR count). The molecule has 2 heteroatoms. The van der Waals surface area contributed by atoms with Gasteiger partial charge in [-0.1, -0.05) is 177 Å². The Balaban J connectivity index is 1.04. The lowest BCUT2D eigenvalue weighted by molar-refractivity contribution is 0.691. The summed E-state index contributed by atoms with van der Waals surface area (Å²) in [5.74, 6) is 0.506. The van der Waals surface area contributed by atoms with E-state index in [1.54, 1.807) is 0 Å². The van der Waals surface area contributed by atoms with Gasteiger partial charge in [0.15, 0.2) is 0 Å². The number of nitrogens with zero attached hydrogens (tertiary/aromatic N) is 2. The normalized spacial score (nSPS) is 16.7. The number of hydrogen-bond acceptors (Lipinski definition) is 0. The number of para-hydroxylation sites is 1. The molecule has 12 aromatic rings. The molecule has 66 heavy (non-hydrogen) atoms. The van der Waals surface area contributed by atoms with Crippen molar-refractivity contribution in [1.29, 1.82) is 0 Å². The molecule has 2 heterocycles. The number of aromatic nitrogens is 2. The molecule has 2 nitrogen and oxygen atoms in total. The molecule has 2 aromatic heterocycles. The van der Waals surface area contributed by atoms with Gasteiger partial charge in [-0.05, 0) is 134 Å². The van der Waals surface area contributed by atoms with E-state index in [4.69, 9.17) is 0 Å². The number of allylic oxidation sites excluding steroid dienone is 4. The van der Waals surface area contributed by atoms with Gasteiger partial charge in [-0.15, -0.1) is 0 Å². The molecule has 0 fully saturated rings. The Labute approximate surface area is 383 Å². The van der Waals surface area contributed by atoms with E-state index in [0.717, 1.165) is 6.42 Å². The molecule has 10 aromatic carbocycles. The molecule has 0 aliphatic heterocycles. The lowest BCUT2D eigenvalue weighted by Gasteiger charge is -2.36. The van der Waals surface area contributed by atoms with Crippen LogP contribution in [0.1, 0.15) is 30.0 Å². The predicted molar refractivity (Wildman–Crippen MR) is 278 cm³/mol. The van der Waals surface area contributed by atoms with Crippen molar-refractivity contribution in [2.45, 2.75) is 18.8 Å². The van der Waals surface area contributed by atoms with E-state index in [0.29, 0.717) is 5.92 Å². The van der Waals surface area contributed by atoms with Gasteiger partial charge in [0.25, 0.3) is 0 Å². The van der Waals surface area contributed by atoms with Crippen LogP contribution in [0.15, 0.2) is 236 Å². The highest BCUT2D eigenvalue weighted by Gasteiger charge is 2.47. The molecule has 2 atom stereocenters. The van der Waals surface area contributed by atoms with Gasteiger partial charge in [-0.2, -0.15) is 0 Å². The predicted octanol–water partition coefficient (Wildman–Crippen LogP) is 16.7. The van der Waals surface area contributed by atoms with Crippen LogP contribution in [-0.2, 0) is 5.41 Å². The number of rotatable bonds is 5. The Morgan fingerprint density at radius 2 is 1.08 bits per heavy atom. The Kier molecular flexibility index (Phi) is 7.98. The van der Waals surface area contributed by atoms with Gasteiger partial charge in [0.2, 0.25) is 0 Å². The lowest BCUT2D eigenvalue weighted by atomic mass is 9.65. The van der Waals surface area contributed by atoms with Crippen molar-refractivity contribution in [3.8, 4) is 33.6 Å². The van der Waals surface area contributed by atoms with Crippen molar-refractivity contribution >= 4 is 65.2 Å². The Morgan fingerprint density at radius 1 is 0.424 bits per heavy atom. The molecule has 0 bridgehead atoms. The maximum Gasteiger partial charge on any atom is 0.0710 e. The molecular weight excluding hydrogens is 797 g/mol. The third kappa shape index (κ3) is 5.24. The third-order valence-electron chi connectivity index (χ3n) is 14.9. The summed E-state index contributed by atoms with van der Waals surface area (Å²) in [6, 6.07) is 79.5. The highest BCUT2D eigenvalue weighted by atomic mass is 15.0. The van der Waals surface area contributed by atoms with Gasteiger partial charge in [0.05, 0.1) is 33.2 Å². The second kappa shape index (κ2) is 14.1. The summed E-state index contributed by atoms with van der Waals surface area (Å²) in [7, 11) is 0. The van der Waals surface area contributed by atoms with Crippen LogP contribution in [0.2, 0.25) is 0 Å². The fourth-order valence-electron chi connectivity index (χ4n) is 11.9. The van der Waals surface area contributed by atoms with E-state index in [1.807, 2.05) is 0 Å². The first-order valence-electron chi connectivity index (χ1n) is 23.3. The van der Waals surface area contributed by atoms with Crippen molar-refractivity contribution in [3.05, 3.63) is 253 Å². The zero-order valence-corrected chi connectivity index (χ0v) is 36.6. The molecule has 0 saturated carbocycles. The first-order chi connectivity index (χ1) is 32.6. The van der Waals surface area contributed by atoms with E-state index in [1.165, 1.54) is 121 Å². The molecule has 0 saturated heterocycles. The molecule has 0 spiro atoms. The van der Waals surface area contributed by atoms with Crippen molar-refractivity contribution in [2.24, 2.45) is 5.92 Å². The second-order valence-electron chi connectivity index (χ2n) is 18.5. The third-order valence-corrected chi connectivity index (χ3v) is 14.9. The van der Waals surface area contributed by atoms with Crippen molar-refractivity contribution in [1.82, 2.24) is 9.13 Å².